The molecule has 168 valence electrons. The molecule has 0 aromatic heterocycles. The highest BCUT2D eigenvalue weighted by Crippen LogP contribution is 2.35. The molecule has 5 nitrogen and oxygen atoms in total. The van der Waals surface area contributed by atoms with Crippen molar-refractivity contribution in [3.63, 3.8) is 0 Å². The first-order chi connectivity index (χ1) is 14.1. The van der Waals surface area contributed by atoms with Crippen LogP contribution in [0.2, 0.25) is 5.02 Å². The highest BCUT2D eigenvalue weighted by atomic mass is 35.5. The van der Waals surface area contributed by atoms with Gasteiger partial charge in [-0.1, -0.05) is 44.1 Å². The molecule has 0 aliphatic rings. The Labute approximate surface area is 187 Å². The quantitative estimate of drug-likeness (QED) is 0.517. The lowest BCUT2D eigenvalue weighted by molar-refractivity contribution is -0.242. The summed E-state index contributed by atoms with van der Waals surface area (Å²) in [6, 6.07) is 11.5. The van der Waals surface area contributed by atoms with Crippen molar-refractivity contribution in [3.05, 3.63) is 47.5 Å². The van der Waals surface area contributed by atoms with Crippen LogP contribution in [-0.2, 0) is 9.59 Å². The van der Waals surface area contributed by atoms with Gasteiger partial charge in [-0.3, -0.25) is 9.59 Å². The Morgan fingerprint density at radius 3 is 1.94 bits per heavy atom. The number of hydrogen-bond donors (Lipinski definition) is 3. The smallest absolute Gasteiger partial charge is 0.373 e. The summed E-state index contributed by atoms with van der Waals surface area (Å²) in [5.41, 5.74) is -3.47. The van der Waals surface area contributed by atoms with Crippen molar-refractivity contribution in [2.24, 2.45) is 5.41 Å². The van der Waals surface area contributed by atoms with E-state index in [1.165, 1.54) is 23.9 Å². The molecular weight excluding hydrogens is 453 g/mol. The van der Waals surface area contributed by atoms with Crippen molar-refractivity contribution in [2.75, 3.05) is 10.6 Å². The minimum absolute atomic E-state index is 0.0189. The summed E-state index contributed by atoms with van der Waals surface area (Å²) in [6.45, 7) is 5.81. The summed E-state index contributed by atoms with van der Waals surface area (Å²) >= 11 is 7.42. The first kappa shape index (κ1) is 25.0. The lowest BCUT2D eigenvalue weighted by Crippen LogP contribution is -2.52. The van der Waals surface area contributed by atoms with Crippen molar-refractivity contribution in [1.82, 2.24) is 0 Å². The molecule has 0 radical (unpaired) electrons. The maximum Gasteiger partial charge on any atom is 0.426 e. The number of alkyl halides is 3. The van der Waals surface area contributed by atoms with Gasteiger partial charge in [-0.15, -0.1) is 0 Å². The van der Waals surface area contributed by atoms with E-state index in [-0.39, 0.29) is 16.6 Å². The molecule has 2 aromatic rings. The van der Waals surface area contributed by atoms with E-state index in [0.717, 1.165) is 4.90 Å². The number of carbonyl (C=O) groups is 2. The summed E-state index contributed by atoms with van der Waals surface area (Å²) in [6.07, 6.45) is -5.13. The normalized spacial score (nSPS) is 14.0. The molecule has 0 saturated heterocycles. The predicted octanol–water partition coefficient (Wildman–Crippen LogP) is 5.73. The number of benzene rings is 2. The van der Waals surface area contributed by atoms with Crippen LogP contribution in [0, 0.1) is 5.41 Å². The van der Waals surface area contributed by atoms with Gasteiger partial charge in [0.1, 0.15) is 0 Å². The molecule has 2 rings (SSSR count). The van der Waals surface area contributed by atoms with Crippen molar-refractivity contribution >= 4 is 46.6 Å². The van der Waals surface area contributed by atoms with E-state index < -0.39 is 23.1 Å². The van der Waals surface area contributed by atoms with Crippen LogP contribution < -0.4 is 10.6 Å². The SMILES string of the molecule is CC(C)(C)C(=O)Nc1ccc(Sc2ccc(NC(=O)C(C)(O)C(F)(F)F)c(Cl)c2)cc1. The first-order valence-corrected chi connectivity index (χ1v) is 10.3. The third kappa shape index (κ3) is 6.38. The summed E-state index contributed by atoms with van der Waals surface area (Å²) < 4.78 is 38.3. The molecule has 0 fully saturated rings. The number of hydrogen-bond acceptors (Lipinski definition) is 4. The van der Waals surface area contributed by atoms with Crippen LogP contribution in [0.3, 0.4) is 0 Å². The summed E-state index contributed by atoms with van der Waals surface area (Å²) in [5.74, 6) is -1.74. The standard InChI is InChI=1S/C21H22ClF3N2O3S/c1-19(2,3)17(28)26-12-5-7-13(8-6-12)31-14-9-10-16(15(22)11-14)27-18(29)20(4,30)21(23,24)25/h5-11,30H,1-4H3,(H,26,28)(H,27,29). The molecule has 2 amide bonds. The van der Waals surface area contributed by atoms with Crippen LogP contribution in [0.25, 0.3) is 0 Å². The van der Waals surface area contributed by atoms with Gasteiger partial charge in [0, 0.05) is 20.9 Å². The van der Waals surface area contributed by atoms with Crippen LogP contribution in [0.1, 0.15) is 27.7 Å². The summed E-state index contributed by atoms with van der Waals surface area (Å²) in [5, 5.41) is 14.3. The van der Waals surface area contributed by atoms with Gasteiger partial charge in [0.15, 0.2) is 0 Å². The molecule has 0 spiro atoms. The Morgan fingerprint density at radius 2 is 1.45 bits per heavy atom. The molecule has 2 aromatic carbocycles. The van der Waals surface area contributed by atoms with Gasteiger partial charge >= 0.3 is 6.18 Å². The Kier molecular flexibility index (Phi) is 7.35. The summed E-state index contributed by atoms with van der Waals surface area (Å²) in [4.78, 5) is 25.4. The van der Waals surface area contributed by atoms with Gasteiger partial charge in [0.25, 0.3) is 5.91 Å². The van der Waals surface area contributed by atoms with Gasteiger partial charge in [0.2, 0.25) is 11.5 Å². The molecule has 1 unspecified atom stereocenters. The molecule has 0 bridgehead atoms. The number of aliphatic hydroxyl groups is 1. The number of nitrogens with one attached hydrogen (secondary N) is 2. The van der Waals surface area contributed by atoms with Crippen molar-refractivity contribution < 1.29 is 27.9 Å². The van der Waals surface area contributed by atoms with E-state index in [1.807, 2.05) is 26.1 Å². The highest BCUT2D eigenvalue weighted by molar-refractivity contribution is 7.99. The second-order valence-corrected chi connectivity index (χ2v) is 9.55. The summed E-state index contributed by atoms with van der Waals surface area (Å²) in [7, 11) is 0. The maximum absolute atomic E-state index is 12.8. The van der Waals surface area contributed by atoms with Crippen molar-refractivity contribution in [1.29, 1.82) is 0 Å². The van der Waals surface area contributed by atoms with E-state index in [4.69, 9.17) is 11.6 Å². The first-order valence-electron chi connectivity index (χ1n) is 9.11. The predicted molar refractivity (Wildman–Crippen MR) is 115 cm³/mol. The molecule has 0 aliphatic carbocycles. The Bertz CT molecular complexity index is 971. The van der Waals surface area contributed by atoms with Crippen molar-refractivity contribution in [2.45, 2.75) is 49.3 Å². The molecule has 0 heterocycles. The lowest BCUT2D eigenvalue weighted by Gasteiger charge is -2.25. The van der Waals surface area contributed by atoms with Gasteiger partial charge in [-0.25, -0.2) is 0 Å². The van der Waals surface area contributed by atoms with Crippen LogP contribution in [-0.4, -0.2) is 28.7 Å². The highest BCUT2D eigenvalue weighted by Gasteiger charge is 2.55. The average molecular weight is 475 g/mol. The minimum Gasteiger partial charge on any atom is -0.373 e. The number of amides is 2. The number of anilines is 2. The Balaban J connectivity index is 2.07. The zero-order valence-electron chi connectivity index (χ0n) is 17.2. The number of halogens is 4. The second-order valence-electron chi connectivity index (χ2n) is 8.00. The Morgan fingerprint density at radius 1 is 0.903 bits per heavy atom. The fourth-order valence-electron chi connectivity index (χ4n) is 2.09. The van der Waals surface area contributed by atoms with E-state index in [9.17, 15) is 27.9 Å². The van der Waals surface area contributed by atoms with Crippen LogP contribution >= 0.6 is 23.4 Å². The zero-order valence-corrected chi connectivity index (χ0v) is 18.8. The van der Waals surface area contributed by atoms with Crippen LogP contribution in [0.4, 0.5) is 24.5 Å². The lowest BCUT2D eigenvalue weighted by atomic mass is 9.95. The average Bonchev–Trinajstić information content (AvgIpc) is 2.63. The van der Waals surface area contributed by atoms with E-state index >= 15 is 0 Å². The van der Waals surface area contributed by atoms with Gasteiger partial charge < -0.3 is 15.7 Å². The zero-order chi connectivity index (χ0) is 23.6. The van der Waals surface area contributed by atoms with Crippen LogP contribution in [0.5, 0.6) is 0 Å². The fraction of sp³-hybridized carbons (Fsp3) is 0.333. The van der Waals surface area contributed by atoms with Crippen molar-refractivity contribution in [3.8, 4) is 0 Å². The van der Waals surface area contributed by atoms with E-state index in [2.05, 4.69) is 5.32 Å². The van der Waals surface area contributed by atoms with Gasteiger partial charge in [-0.05, 0) is 49.4 Å². The molecule has 1 atom stereocenters. The van der Waals surface area contributed by atoms with E-state index in [0.29, 0.717) is 17.5 Å². The second kappa shape index (κ2) is 9.10. The fourth-order valence-corrected chi connectivity index (χ4v) is 3.24. The molecular formula is C21H22ClF3N2O3S. The Hall–Kier alpha value is -2.23. The number of rotatable bonds is 5. The molecule has 0 aliphatic heterocycles. The largest absolute Gasteiger partial charge is 0.426 e. The molecule has 31 heavy (non-hydrogen) atoms. The topological polar surface area (TPSA) is 78.4 Å². The van der Waals surface area contributed by atoms with Gasteiger partial charge in [0.05, 0.1) is 10.7 Å². The minimum atomic E-state index is -5.13. The molecule has 10 heteroatoms. The molecule has 3 N–H and O–H groups in total. The van der Waals surface area contributed by atoms with Crippen LogP contribution in [0.15, 0.2) is 52.3 Å². The van der Waals surface area contributed by atoms with E-state index in [1.54, 1.807) is 30.3 Å². The number of carbonyl (C=O) groups excluding carboxylic acids is 2. The monoisotopic (exact) mass is 474 g/mol. The maximum atomic E-state index is 12.8. The third-order valence-corrected chi connectivity index (χ3v) is 5.52. The third-order valence-electron chi connectivity index (χ3n) is 4.21. The van der Waals surface area contributed by atoms with Gasteiger partial charge in [-0.2, -0.15) is 13.2 Å². The molecule has 0 saturated carbocycles.